The second-order valence-electron chi connectivity index (χ2n) is 17.0. The van der Waals surface area contributed by atoms with Gasteiger partial charge in [-0.2, -0.15) is 0 Å². The lowest BCUT2D eigenvalue weighted by Gasteiger charge is -2.18. The second-order valence-corrected chi connectivity index (χ2v) is 17.0. The molecule has 0 aliphatic carbocycles. The summed E-state index contributed by atoms with van der Waals surface area (Å²) in [5.41, 5.74) is 0. The molecular weight excluding hydrogens is 813 g/mol. The monoisotopic (exact) mass is 911 g/mol. The Balaban J connectivity index is 4.42. The molecule has 0 bridgehead atoms. The molecular formula is C61H98O5. The van der Waals surface area contributed by atoms with Crippen molar-refractivity contribution in [2.45, 2.75) is 219 Å². The molecule has 0 N–H and O–H groups in total. The molecule has 0 spiro atoms. The fourth-order valence-corrected chi connectivity index (χ4v) is 6.76. The third-order valence-corrected chi connectivity index (χ3v) is 10.7. The van der Waals surface area contributed by atoms with Gasteiger partial charge in [-0.3, -0.25) is 9.59 Å². The maximum Gasteiger partial charge on any atom is 0.306 e. The van der Waals surface area contributed by atoms with Crippen LogP contribution in [0.3, 0.4) is 0 Å². The van der Waals surface area contributed by atoms with E-state index in [1.807, 2.05) is 6.08 Å². The minimum absolute atomic E-state index is 0.0332. The minimum atomic E-state index is -0.601. The van der Waals surface area contributed by atoms with E-state index in [-0.39, 0.29) is 31.6 Å². The highest BCUT2D eigenvalue weighted by Gasteiger charge is 2.17. The number of ether oxygens (including phenoxy) is 3. The van der Waals surface area contributed by atoms with Gasteiger partial charge < -0.3 is 14.2 Å². The fourth-order valence-electron chi connectivity index (χ4n) is 6.76. The number of esters is 2. The first kappa shape index (κ1) is 62.0. The largest absolute Gasteiger partial charge is 0.462 e. The first-order chi connectivity index (χ1) is 32.6. The molecule has 0 saturated carbocycles. The summed E-state index contributed by atoms with van der Waals surface area (Å²) in [6.07, 6.45) is 79.1. The highest BCUT2D eigenvalue weighted by Crippen LogP contribution is 2.12. The number of rotatable bonds is 47. The van der Waals surface area contributed by atoms with Crippen molar-refractivity contribution < 1.29 is 23.8 Å². The van der Waals surface area contributed by atoms with Crippen LogP contribution in [0.4, 0.5) is 0 Å². The molecule has 0 radical (unpaired) electrons. The van der Waals surface area contributed by atoms with Gasteiger partial charge in [0.2, 0.25) is 0 Å². The SMILES string of the molecule is CC/C=C\C/C=C\C/C=C\C/C=C\C/C=C\CCCCCCOCC(COC(=O)CCCCCCCCC/C=C\C/C=C\CCCCC)OC(=O)CC/C=C\C/C=C\C/C=C\C/C=C\CC. The van der Waals surface area contributed by atoms with Gasteiger partial charge in [0.25, 0.3) is 0 Å². The zero-order chi connectivity index (χ0) is 47.7. The summed E-state index contributed by atoms with van der Waals surface area (Å²) in [5.74, 6) is -0.524. The molecule has 0 fully saturated rings. The molecule has 1 atom stereocenters. The van der Waals surface area contributed by atoms with Crippen molar-refractivity contribution in [1.29, 1.82) is 0 Å². The number of unbranched alkanes of at least 4 members (excludes halogenated alkanes) is 14. The summed E-state index contributed by atoms with van der Waals surface area (Å²) < 4.78 is 17.3. The predicted octanol–water partition coefficient (Wildman–Crippen LogP) is 18.3. The molecule has 1 unspecified atom stereocenters. The third kappa shape index (κ3) is 52.7. The van der Waals surface area contributed by atoms with Crippen LogP contribution < -0.4 is 0 Å². The summed E-state index contributed by atoms with van der Waals surface area (Å²) in [4.78, 5) is 25.4. The van der Waals surface area contributed by atoms with E-state index in [9.17, 15) is 9.59 Å². The van der Waals surface area contributed by atoms with E-state index < -0.39 is 6.10 Å². The minimum Gasteiger partial charge on any atom is -0.462 e. The van der Waals surface area contributed by atoms with E-state index in [1.54, 1.807) is 0 Å². The zero-order valence-electron chi connectivity index (χ0n) is 42.7. The number of hydrogen-bond acceptors (Lipinski definition) is 5. The molecule has 0 aliphatic rings. The van der Waals surface area contributed by atoms with Crippen molar-refractivity contribution >= 4 is 11.9 Å². The molecule has 66 heavy (non-hydrogen) atoms. The lowest BCUT2D eigenvalue weighted by Crippen LogP contribution is -2.30. The van der Waals surface area contributed by atoms with Crippen molar-refractivity contribution in [3.8, 4) is 0 Å². The van der Waals surface area contributed by atoms with Crippen LogP contribution >= 0.6 is 0 Å². The number of carbonyl (C=O) groups is 2. The molecule has 0 aromatic carbocycles. The maximum atomic E-state index is 12.8. The first-order valence-corrected chi connectivity index (χ1v) is 26.7. The molecule has 0 heterocycles. The van der Waals surface area contributed by atoms with Crippen molar-refractivity contribution in [2.24, 2.45) is 0 Å². The average Bonchev–Trinajstić information content (AvgIpc) is 3.32. The number of allylic oxidation sites excluding steroid dienone is 22. The van der Waals surface area contributed by atoms with Crippen LogP contribution in [0, 0.1) is 0 Å². The molecule has 0 aromatic rings. The summed E-state index contributed by atoms with van der Waals surface area (Å²) in [7, 11) is 0. The van der Waals surface area contributed by atoms with Crippen LogP contribution in [0.5, 0.6) is 0 Å². The smallest absolute Gasteiger partial charge is 0.306 e. The Bertz CT molecular complexity index is 1400. The molecule has 0 aliphatic heterocycles. The average molecular weight is 911 g/mol. The Morgan fingerprint density at radius 3 is 1.15 bits per heavy atom. The van der Waals surface area contributed by atoms with Gasteiger partial charge in [-0.05, 0) is 122 Å². The molecule has 0 amide bonds. The van der Waals surface area contributed by atoms with Crippen LogP contribution in [-0.2, 0) is 23.8 Å². The predicted molar refractivity (Wildman–Crippen MR) is 288 cm³/mol. The lowest BCUT2D eigenvalue weighted by molar-refractivity contribution is -0.162. The summed E-state index contributed by atoms with van der Waals surface area (Å²) in [5, 5.41) is 0. The van der Waals surface area contributed by atoms with E-state index in [4.69, 9.17) is 14.2 Å². The Labute approximate surface area is 407 Å². The standard InChI is InChI=1S/C61H98O5/c1-4-7-10-13-16-19-22-25-27-29-30-31-33-35-38-41-44-47-50-53-56-64-57-59(66-61(63)55-52-49-46-43-40-36-24-21-18-15-12-9-6-3)58-65-60(62)54-51-48-45-42-39-37-34-32-28-26-23-20-17-14-11-8-5-2/h7,9-10,12,16-21,25-28,30-31,35-36,38,40,46,49,59H,4-6,8,11,13-15,22-24,29,32-34,37,39,41-45,47-48,50-58H2,1-3H3/b10-7-,12-9-,19-16-,20-17-,21-18-,27-25-,28-26-,31-30-,38-35-,40-36-,49-46-. The van der Waals surface area contributed by atoms with Crippen LogP contribution in [0.2, 0.25) is 0 Å². The Hall–Kier alpha value is -3.96. The Kier molecular flexibility index (Phi) is 52.0. The highest BCUT2D eigenvalue weighted by atomic mass is 16.6. The van der Waals surface area contributed by atoms with E-state index in [0.29, 0.717) is 19.4 Å². The van der Waals surface area contributed by atoms with Crippen molar-refractivity contribution in [3.63, 3.8) is 0 Å². The second kappa shape index (κ2) is 55.4. The van der Waals surface area contributed by atoms with Gasteiger partial charge in [0.15, 0.2) is 6.10 Å². The molecule has 5 heteroatoms. The van der Waals surface area contributed by atoms with Gasteiger partial charge in [-0.1, -0.05) is 212 Å². The molecule has 0 aromatic heterocycles. The Morgan fingerprint density at radius 1 is 0.348 bits per heavy atom. The van der Waals surface area contributed by atoms with E-state index >= 15 is 0 Å². The van der Waals surface area contributed by atoms with Crippen molar-refractivity contribution in [3.05, 3.63) is 134 Å². The Morgan fingerprint density at radius 2 is 0.712 bits per heavy atom. The molecule has 0 saturated heterocycles. The maximum absolute atomic E-state index is 12.8. The first-order valence-electron chi connectivity index (χ1n) is 26.7. The van der Waals surface area contributed by atoms with Crippen LogP contribution in [0.25, 0.3) is 0 Å². The molecule has 5 nitrogen and oxygen atoms in total. The van der Waals surface area contributed by atoms with Crippen molar-refractivity contribution in [2.75, 3.05) is 19.8 Å². The highest BCUT2D eigenvalue weighted by molar-refractivity contribution is 5.70. The van der Waals surface area contributed by atoms with Gasteiger partial charge >= 0.3 is 11.9 Å². The molecule has 372 valence electrons. The summed E-state index contributed by atoms with van der Waals surface area (Å²) in [6, 6.07) is 0. The van der Waals surface area contributed by atoms with Gasteiger partial charge in [0, 0.05) is 19.4 Å². The van der Waals surface area contributed by atoms with E-state index in [1.165, 1.54) is 51.4 Å². The van der Waals surface area contributed by atoms with E-state index in [2.05, 4.69) is 148 Å². The van der Waals surface area contributed by atoms with Gasteiger partial charge in [0.05, 0.1) is 6.61 Å². The third-order valence-electron chi connectivity index (χ3n) is 10.7. The fraction of sp³-hybridized carbons (Fsp3) is 0.607. The van der Waals surface area contributed by atoms with Crippen LogP contribution in [-0.4, -0.2) is 37.9 Å². The lowest BCUT2D eigenvalue weighted by atomic mass is 10.1. The van der Waals surface area contributed by atoms with Gasteiger partial charge in [0.1, 0.15) is 6.61 Å². The summed E-state index contributed by atoms with van der Waals surface area (Å²) in [6.45, 7) is 7.41. The topological polar surface area (TPSA) is 61.8 Å². The van der Waals surface area contributed by atoms with E-state index in [0.717, 1.165) is 122 Å². The van der Waals surface area contributed by atoms with Crippen LogP contribution in [0.15, 0.2) is 134 Å². The summed E-state index contributed by atoms with van der Waals surface area (Å²) >= 11 is 0. The number of hydrogen-bond donors (Lipinski definition) is 0. The van der Waals surface area contributed by atoms with Gasteiger partial charge in [-0.15, -0.1) is 0 Å². The zero-order valence-corrected chi connectivity index (χ0v) is 42.7. The van der Waals surface area contributed by atoms with Gasteiger partial charge in [-0.25, -0.2) is 0 Å². The van der Waals surface area contributed by atoms with Crippen LogP contribution in [0.1, 0.15) is 213 Å². The quantitative estimate of drug-likeness (QED) is 0.0346. The van der Waals surface area contributed by atoms with Crippen molar-refractivity contribution in [1.82, 2.24) is 0 Å². The normalized spacial score (nSPS) is 13.3. The molecule has 0 rings (SSSR count). The number of carbonyl (C=O) groups excluding carboxylic acids is 2.